The first-order chi connectivity index (χ1) is 18.4. The van der Waals surface area contributed by atoms with E-state index >= 15 is 0 Å². The van der Waals surface area contributed by atoms with Crippen LogP contribution in [0.3, 0.4) is 0 Å². The van der Waals surface area contributed by atoms with Crippen LogP contribution in [0.4, 0.5) is 10.6 Å². The van der Waals surface area contributed by atoms with Crippen LogP contribution in [0.5, 0.6) is 0 Å². The Morgan fingerprint density at radius 2 is 1.95 bits per heavy atom. The highest BCUT2D eigenvalue weighted by Gasteiger charge is 2.38. The summed E-state index contributed by atoms with van der Waals surface area (Å²) >= 11 is 7.88. The molecule has 1 unspecified atom stereocenters. The number of nitrogens with zero attached hydrogens (tertiary/aromatic N) is 5. The molecule has 39 heavy (non-hydrogen) atoms. The summed E-state index contributed by atoms with van der Waals surface area (Å²) in [7, 11) is 0. The van der Waals surface area contributed by atoms with Crippen LogP contribution < -0.4 is 10.2 Å². The van der Waals surface area contributed by atoms with Gasteiger partial charge < -0.3 is 24.1 Å². The van der Waals surface area contributed by atoms with Gasteiger partial charge in [0.05, 0.1) is 17.8 Å². The number of hydrogen-bond acceptors (Lipinski definition) is 9. The minimum atomic E-state index is -0.557. The van der Waals surface area contributed by atoms with Crippen LogP contribution >= 0.6 is 23.4 Å². The number of imidazole rings is 1. The third-order valence-electron chi connectivity index (χ3n) is 6.87. The number of amides is 1. The molecule has 1 aliphatic rings. The number of esters is 1. The van der Waals surface area contributed by atoms with E-state index in [0.29, 0.717) is 34.6 Å². The summed E-state index contributed by atoms with van der Waals surface area (Å²) in [5.74, 6) is -0.0343. The van der Waals surface area contributed by atoms with Crippen molar-refractivity contribution in [2.45, 2.75) is 75.9 Å². The first kappa shape index (κ1) is 28.9. The summed E-state index contributed by atoms with van der Waals surface area (Å²) in [4.78, 5) is 41.7. The van der Waals surface area contributed by atoms with E-state index < -0.39 is 17.7 Å². The largest absolute Gasteiger partial charge is 0.461 e. The van der Waals surface area contributed by atoms with Gasteiger partial charge in [-0.15, -0.1) is 0 Å². The molecule has 0 aromatic carbocycles. The number of halogens is 1. The SMILES string of the molecule is CCOC(=O)c1nc(Sc2ccn3ccnc3c2Cl)cnc1N1CCC(C)(C(C)NC(=O)OC(C)(C)C)CC1. The van der Waals surface area contributed by atoms with E-state index in [2.05, 4.69) is 32.1 Å². The monoisotopic (exact) mass is 574 g/mol. The van der Waals surface area contributed by atoms with Crippen molar-refractivity contribution in [3.8, 4) is 0 Å². The van der Waals surface area contributed by atoms with Gasteiger partial charge >= 0.3 is 12.1 Å². The second-order valence-electron chi connectivity index (χ2n) is 10.9. The zero-order valence-electron chi connectivity index (χ0n) is 23.2. The molecule has 0 aliphatic carbocycles. The van der Waals surface area contributed by atoms with Gasteiger partial charge in [0.1, 0.15) is 10.6 Å². The third kappa shape index (κ3) is 6.75. The number of rotatable bonds is 7. The van der Waals surface area contributed by atoms with E-state index in [0.717, 1.165) is 17.7 Å². The lowest BCUT2D eigenvalue weighted by Gasteiger charge is -2.43. The van der Waals surface area contributed by atoms with E-state index in [1.54, 1.807) is 19.3 Å². The fourth-order valence-electron chi connectivity index (χ4n) is 4.43. The Labute approximate surface area is 237 Å². The second kappa shape index (κ2) is 11.6. The van der Waals surface area contributed by atoms with Gasteiger partial charge in [-0.2, -0.15) is 0 Å². The highest BCUT2D eigenvalue weighted by atomic mass is 35.5. The van der Waals surface area contributed by atoms with Crippen LogP contribution in [0.1, 0.15) is 64.9 Å². The molecule has 1 saturated heterocycles. The lowest BCUT2D eigenvalue weighted by Crippen LogP contribution is -2.51. The van der Waals surface area contributed by atoms with Gasteiger partial charge in [-0.3, -0.25) is 0 Å². The number of hydrogen-bond donors (Lipinski definition) is 1. The van der Waals surface area contributed by atoms with Crippen molar-refractivity contribution in [1.29, 1.82) is 0 Å². The molecule has 1 aliphatic heterocycles. The topological polar surface area (TPSA) is 111 Å². The number of ether oxygens (including phenoxy) is 2. The van der Waals surface area contributed by atoms with Gasteiger partial charge in [0.25, 0.3) is 0 Å². The van der Waals surface area contributed by atoms with Crippen LogP contribution in [0.15, 0.2) is 40.8 Å². The number of nitrogens with one attached hydrogen (secondary N) is 1. The Morgan fingerprint density at radius 3 is 2.62 bits per heavy atom. The van der Waals surface area contributed by atoms with E-state index in [1.165, 1.54) is 11.8 Å². The third-order valence-corrected chi connectivity index (χ3v) is 8.32. The highest BCUT2D eigenvalue weighted by Crippen LogP contribution is 2.38. The maximum Gasteiger partial charge on any atom is 0.407 e. The molecule has 1 N–H and O–H groups in total. The molecule has 0 saturated carbocycles. The van der Waals surface area contributed by atoms with E-state index in [9.17, 15) is 9.59 Å². The summed E-state index contributed by atoms with van der Waals surface area (Å²) in [5.41, 5.74) is 0.105. The van der Waals surface area contributed by atoms with Gasteiger partial charge in [-0.25, -0.2) is 24.5 Å². The number of piperidine rings is 1. The number of pyridine rings is 1. The maximum absolute atomic E-state index is 12.9. The molecular formula is C27H35ClN6O4S. The summed E-state index contributed by atoms with van der Waals surface area (Å²) in [5, 5.41) is 4.02. The summed E-state index contributed by atoms with van der Waals surface area (Å²) in [6, 6.07) is 1.78. The molecule has 0 spiro atoms. The lowest BCUT2D eigenvalue weighted by atomic mass is 9.74. The molecule has 4 heterocycles. The number of carbonyl (C=O) groups is 2. The number of fused-ring (bicyclic) bond motifs is 1. The van der Waals surface area contributed by atoms with Crippen molar-refractivity contribution >= 4 is 46.9 Å². The summed E-state index contributed by atoms with van der Waals surface area (Å²) in [6.45, 7) is 13.0. The lowest BCUT2D eigenvalue weighted by molar-refractivity contribution is 0.0439. The van der Waals surface area contributed by atoms with Gasteiger partial charge in [-0.1, -0.05) is 30.3 Å². The van der Waals surface area contributed by atoms with Crippen LogP contribution in [-0.2, 0) is 9.47 Å². The smallest absolute Gasteiger partial charge is 0.407 e. The Balaban J connectivity index is 1.50. The molecular weight excluding hydrogens is 540 g/mol. The second-order valence-corrected chi connectivity index (χ2v) is 12.3. The van der Waals surface area contributed by atoms with E-state index in [4.69, 9.17) is 21.1 Å². The minimum Gasteiger partial charge on any atom is -0.461 e. The molecule has 3 aromatic heterocycles. The molecule has 3 aromatic rings. The average Bonchev–Trinajstić information content (AvgIpc) is 3.35. The van der Waals surface area contributed by atoms with Gasteiger partial charge in [0.15, 0.2) is 17.2 Å². The summed E-state index contributed by atoms with van der Waals surface area (Å²) in [6.07, 6.45) is 8.16. The Hall–Kier alpha value is -3.05. The first-order valence-corrected chi connectivity index (χ1v) is 14.2. The number of anilines is 1. The van der Waals surface area contributed by atoms with Crippen molar-refractivity contribution in [2.75, 3.05) is 24.6 Å². The van der Waals surface area contributed by atoms with Crippen molar-refractivity contribution < 1.29 is 19.1 Å². The first-order valence-electron chi connectivity index (χ1n) is 13.0. The molecule has 1 amide bonds. The standard InChI is InChI=1S/C27H35ClN6O4S/c1-7-37-24(35)21-23(30-16-19(32-21)39-18-8-12-33-15-11-29-22(33)20(18)28)34-13-9-27(6,10-14-34)17(2)31-25(36)38-26(3,4)5/h8,11-12,15-17H,7,9-10,13-14H2,1-6H3,(H,31,36). The summed E-state index contributed by atoms with van der Waals surface area (Å²) < 4.78 is 12.6. The van der Waals surface area contributed by atoms with Crippen molar-refractivity contribution in [3.63, 3.8) is 0 Å². The Kier molecular flexibility index (Phi) is 8.60. The fraction of sp³-hybridized carbons (Fsp3) is 0.519. The van der Waals surface area contributed by atoms with Gasteiger partial charge in [0, 0.05) is 42.6 Å². The predicted octanol–water partition coefficient (Wildman–Crippen LogP) is 5.63. The highest BCUT2D eigenvalue weighted by molar-refractivity contribution is 7.99. The molecule has 12 heteroatoms. The minimum absolute atomic E-state index is 0.0962. The molecule has 1 fully saturated rings. The van der Waals surface area contributed by atoms with Crippen LogP contribution in [0, 0.1) is 5.41 Å². The number of aromatic nitrogens is 4. The van der Waals surface area contributed by atoms with Gasteiger partial charge in [0.2, 0.25) is 0 Å². The van der Waals surface area contributed by atoms with E-state index in [1.807, 2.05) is 50.6 Å². The Bertz CT molecular complexity index is 1350. The molecule has 210 valence electrons. The number of alkyl carbamates (subject to hydrolysis) is 1. The predicted molar refractivity (Wildman–Crippen MR) is 151 cm³/mol. The molecule has 4 rings (SSSR count). The zero-order valence-corrected chi connectivity index (χ0v) is 24.7. The van der Waals surface area contributed by atoms with Crippen LogP contribution in [0.2, 0.25) is 5.02 Å². The fourth-order valence-corrected chi connectivity index (χ4v) is 5.53. The number of carbonyl (C=O) groups excluding carboxylic acids is 2. The van der Waals surface area contributed by atoms with Crippen molar-refractivity contribution in [3.05, 3.63) is 41.6 Å². The zero-order chi connectivity index (χ0) is 28.4. The van der Waals surface area contributed by atoms with Crippen LogP contribution in [-0.4, -0.2) is 62.8 Å². The normalized spacial score (nSPS) is 16.1. The van der Waals surface area contributed by atoms with Crippen LogP contribution in [0.25, 0.3) is 5.65 Å². The molecule has 0 bridgehead atoms. The average molecular weight is 575 g/mol. The maximum atomic E-state index is 12.9. The molecule has 1 atom stereocenters. The molecule has 10 nitrogen and oxygen atoms in total. The quantitative estimate of drug-likeness (QED) is 0.359. The van der Waals surface area contributed by atoms with E-state index in [-0.39, 0.29) is 23.8 Å². The Morgan fingerprint density at radius 1 is 1.23 bits per heavy atom. The van der Waals surface area contributed by atoms with Crippen molar-refractivity contribution in [1.82, 2.24) is 24.7 Å². The van der Waals surface area contributed by atoms with Crippen molar-refractivity contribution in [2.24, 2.45) is 5.41 Å². The molecule has 0 radical (unpaired) electrons. The van der Waals surface area contributed by atoms with Gasteiger partial charge in [-0.05, 0) is 58.9 Å².